The van der Waals surface area contributed by atoms with Gasteiger partial charge in [0.05, 0.1) is 32.8 Å². The fraction of sp³-hybridized carbons (Fsp3) is 0.333. The van der Waals surface area contributed by atoms with Crippen molar-refractivity contribution in [2.24, 2.45) is 16.3 Å². The monoisotopic (exact) mass is 544 g/mol. The van der Waals surface area contributed by atoms with E-state index in [-0.39, 0.29) is 5.69 Å². The molecular formula is C27H28N8O3S. The van der Waals surface area contributed by atoms with Crippen molar-refractivity contribution < 1.29 is 14.7 Å². The molecule has 2 aromatic heterocycles. The van der Waals surface area contributed by atoms with Gasteiger partial charge in [-0.05, 0) is 57.2 Å². The van der Waals surface area contributed by atoms with E-state index in [2.05, 4.69) is 32.0 Å². The van der Waals surface area contributed by atoms with Gasteiger partial charge in [0.15, 0.2) is 0 Å². The van der Waals surface area contributed by atoms with Crippen molar-refractivity contribution in [2.45, 2.75) is 26.1 Å². The first kappa shape index (κ1) is 26.3. The molecule has 3 unspecified atom stereocenters. The van der Waals surface area contributed by atoms with Crippen LogP contribution in [0.25, 0.3) is 21.5 Å². The quantitative estimate of drug-likeness (QED) is 0.368. The van der Waals surface area contributed by atoms with Crippen molar-refractivity contribution in [3.63, 3.8) is 0 Å². The van der Waals surface area contributed by atoms with Gasteiger partial charge in [-0.25, -0.2) is 19.8 Å². The lowest BCUT2D eigenvalue weighted by molar-refractivity contribution is -0.155. The number of carboxylic acids is 1. The number of carbonyl (C=O) groups excluding carboxylic acids is 1. The number of benzene rings is 1. The van der Waals surface area contributed by atoms with Crippen LogP contribution in [0.4, 0.5) is 10.5 Å². The number of aliphatic carboxylic acids is 1. The fourth-order valence-corrected chi connectivity index (χ4v) is 6.11. The van der Waals surface area contributed by atoms with E-state index in [0.29, 0.717) is 43.0 Å². The number of allylic oxidation sites excluding steroid dienone is 1. The zero-order valence-corrected chi connectivity index (χ0v) is 22.3. The molecule has 2 aliphatic heterocycles. The number of aromatic nitrogens is 2. The van der Waals surface area contributed by atoms with Crippen LogP contribution in [0.3, 0.4) is 0 Å². The number of urea groups is 1. The van der Waals surface area contributed by atoms with Gasteiger partial charge in [-0.15, -0.1) is 11.3 Å². The third-order valence-corrected chi connectivity index (χ3v) is 8.22. The lowest BCUT2D eigenvalue weighted by Crippen LogP contribution is -2.71. The van der Waals surface area contributed by atoms with E-state index in [1.165, 1.54) is 11.3 Å². The Labute approximate surface area is 229 Å². The summed E-state index contributed by atoms with van der Waals surface area (Å²) < 4.78 is 0.892. The van der Waals surface area contributed by atoms with Crippen molar-refractivity contribution >= 4 is 45.5 Å². The van der Waals surface area contributed by atoms with E-state index in [9.17, 15) is 20.0 Å². The normalized spacial score (nSPS) is 24.3. The molecule has 2 aliphatic rings. The molecule has 1 saturated heterocycles. The molecule has 1 aromatic carbocycles. The average molecular weight is 545 g/mol. The van der Waals surface area contributed by atoms with Gasteiger partial charge in [-0.2, -0.15) is 5.26 Å². The van der Waals surface area contributed by atoms with Gasteiger partial charge in [0.2, 0.25) is 5.79 Å². The number of amides is 2. The smallest absolute Gasteiger partial charge is 0.318 e. The maximum absolute atomic E-state index is 13.1. The largest absolute Gasteiger partial charge is 0.481 e. The van der Waals surface area contributed by atoms with Crippen molar-refractivity contribution in [2.75, 3.05) is 24.5 Å². The molecule has 0 aliphatic carbocycles. The van der Waals surface area contributed by atoms with Crippen LogP contribution in [0.1, 0.15) is 26.0 Å². The summed E-state index contributed by atoms with van der Waals surface area (Å²) >= 11 is 1.46. The van der Waals surface area contributed by atoms with Gasteiger partial charge in [0, 0.05) is 36.8 Å². The molecule has 12 heteroatoms. The van der Waals surface area contributed by atoms with E-state index in [1.807, 2.05) is 25.1 Å². The molecule has 5 rings (SSSR count). The first-order valence-corrected chi connectivity index (χ1v) is 13.5. The molecule has 0 spiro atoms. The second-order valence-corrected chi connectivity index (χ2v) is 10.5. The molecule has 2 amide bonds. The fourth-order valence-electron chi connectivity index (χ4n) is 5.32. The van der Waals surface area contributed by atoms with E-state index in [0.717, 1.165) is 10.3 Å². The van der Waals surface area contributed by atoms with Crippen LogP contribution < -0.4 is 20.9 Å². The van der Waals surface area contributed by atoms with Crippen LogP contribution in [0.2, 0.25) is 0 Å². The summed E-state index contributed by atoms with van der Waals surface area (Å²) in [4.78, 5) is 41.4. The summed E-state index contributed by atoms with van der Waals surface area (Å²) in [6, 6.07) is 10.7. The van der Waals surface area contributed by atoms with Gasteiger partial charge >= 0.3 is 12.0 Å². The van der Waals surface area contributed by atoms with Crippen LogP contribution in [-0.4, -0.2) is 58.7 Å². The molecule has 1 fully saturated rings. The second-order valence-electron chi connectivity index (χ2n) is 9.64. The molecule has 0 saturated carbocycles. The number of nitriles is 1. The zero-order valence-electron chi connectivity index (χ0n) is 21.5. The number of aliphatic imine (C=N–C) groups is 1. The first-order chi connectivity index (χ1) is 18.8. The van der Waals surface area contributed by atoms with E-state index in [1.54, 1.807) is 48.0 Å². The summed E-state index contributed by atoms with van der Waals surface area (Å²) in [5, 5.41) is 28.9. The third kappa shape index (κ3) is 4.60. The number of nitrogens with one attached hydrogen (secondary N) is 3. The molecule has 0 radical (unpaired) electrons. The SMILES string of the molecule is CCNC(=O)NC1(C2CNCCC2(C)C(=O)O)N=CC=CN1c1cc(-c2cccc(C#N)n2)c2scnc2c1. The van der Waals surface area contributed by atoms with Crippen molar-refractivity contribution in [1.82, 2.24) is 25.9 Å². The number of hydrogen-bond donors (Lipinski definition) is 4. The molecule has 3 atom stereocenters. The molecule has 200 valence electrons. The van der Waals surface area contributed by atoms with E-state index in [4.69, 9.17) is 4.99 Å². The number of piperidine rings is 1. The highest BCUT2D eigenvalue weighted by atomic mass is 32.1. The molecule has 4 N–H and O–H groups in total. The minimum absolute atomic E-state index is 0.288. The van der Waals surface area contributed by atoms with Crippen LogP contribution >= 0.6 is 11.3 Å². The maximum atomic E-state index is 13.1. The predicted molar refractivity (Wildman–Crippen MR) is 149 cm³/mol. The minimum atomic E-state index is -1.47. The number of rotatable bonds is 6. The lowest BCUT2D eigenvalue weighted by atomic mass is 9.68. The van der Waals surface area contributed by atoms with Crippen LogP contribution in [0.15, 0.2) is 53.1 Å². The summed E-state index contributed by atoms with van der Waals surface area (Å²) in [7, 11) is 0. The number of fused-ring (bicyclic) bond motifs is 1. The van der Waals surface area contributed by atoms with Gasteiger partial charge in [0.25, 0.3) is 0 Å². The number of thiazole rings is 1. The lowest BCUT2D eigenvalue weighted by Gasteiger charge is -2.52. The number of carbonyl (C=O) groups is 2. The average Bonchev–Trinajstić information content (AvgIpc) is 3.42. The molecule has 39 heavy (non-hydrogen) atoms. The molecule has 3 aromatic rings. The number of pyridine rings is 1. The Bertz CT molecular complexity index is 1530. The Balaban J connectivity index is 1.72. The molecular weight excluding hydrogens is 516 g/mol. The Morgan fingerprint density at radius 2 is 2.21 bits per heavy atom. The number of nitrogens with zero attached hydrogens (tertiary/aromatic N) is 5. The highest BCUT2D eigenvalue weighted by Crippen LogP contribution is 2.46. The minimum Gasteiger partial charge on any atom is -0.481 e. The van der Waals surface area contributed by atoms with Crippen molar-refractivity contribution in [1.29, 1.82) is 5.26 Å². The highest BCUT2D eigenvalue weighted by molar-refractivity contribution is 7.17. The van der Waals surface area contributed by atoms with Crippen LogP contribution in [0.5, 0.6) is 0 Å². The van der Waals surface area contributed by atoms with Crippen molar-refractivity contribution in [3.8, 4) is 17.3 Å². The Morgan fingerprint density at radius 1 is 1.36 bits per heavy atom. The zero-order chi connectivity index (χ0) is 27.6. The first-order valence-electron chi connectivity index (χ1n) is 12.6. The third-order valence-electron chi connectivity index (χ3n) is 7.34. The maximum Gasteiger partial charge on any atom is 0.318 e. The molecule has 4 heterocycles. The number of hydrogen-bond acceptors (Lipinski definition) is 9. The van der Waals surface area contributed by atoms with E-state index < -0.39 is 29.1 Å². The predicted octanol–water partition coefficient (Wildman–Crippen LogP) is 3.31. The Hall–Kier alpha value is -4.34. The summed E-state index contributed by atoms with van der Waals surface area (Å²) in [5.74, 6) is -3.09. The van der Waals surface area contributed by atoms with Crippen LogP contribution in [-0.2, 0) is 4.79 Å². The Morgan fingerprint density at radius 3 is 2.97 bits per heavy atom. The van der Waals surface area contributed by atoms with Gasteiger partial charge < -0.3 is 20.6 Å². The molecule has 0 bridgehead atoms. The van der Waals surface area contributed by atoms with Crippen molar-refractivity contribution in [3.05, 3.63) is 53.8 Å². The van der Waals surface area contributed by atoms with Gasteiger partial charge in [0.1, 0.15) is 11.8 Å². The van der Waals surface area contributed by atoms with E-state index >= 15 is 0 Å². The highest BCUT2D eigenvalue weighted by Gasteiger charge is 2.57. The summed E-state index contributed by atoms with van der Waals surface area (Å²) in [6.45, 7) is 4.75. The standard InChI is InChI=1S/C27H28N8O3S/c1-3-30-25(38)34-27(22-15-29-10-8-26(22,2)24(36)37)32-9-5-11-35(27)18-12-19(23-21(13-18)31-16-39-23)20-7-4-6-17(14-28)33-20/h4-7,9,11-13,16,22,29H,3,8,10,15H2,1-2H3,(H,36,37)(H2,30,34,38). The van der Waals surface area contributed by atoms with Gasteiger partial charge in [-0.1, -0.05) is 6.07 Å². The topological polar surface area (TPSA) is 156 Å². The summed E-state index contributed by atoms with van der Waals surface area (Å²) in [6.07, 6.45) is 5.47. The second kappa shape index (κ2) is 10.4. The number of anilines is 1. The van der Waals surface area contributed by atoms with Gasteiger partial charge in [-0.3, -0.25) is 10.1 Å². The molecule has 11 nitrogen and oxygen atoms in total. The Kier molecular flexibility index (Phi) is 7.03. The van der Waals surface area contributed by atoms with Crippen LogP contribution in [0, 0.1) is 22.7 Å². The number of carboxylic acid groups (broad SMARTS) is 1. The summed E-state index contributed by atoms with van der Waals surface area (Å²) in [5.41, 5.74) is 3.54.